The first-order valence-corrected chi connectivity index (χ1v) is 5.29. The molecule has 5 heteroatoms. The maximum absolute atomic E-state index is 13.2. The number of nitriles is 1. The highest BCUT2D eigenvalue weighted by Crippen LogP contribution is 2.19. The quantitative estimate of drug-likeness (QED) is 0.654. The van der Waals surface area contributed by atoms with E-state index in [-0.39, 0.29) is 5.82 Å². The van der Waals surface area contributed by atoms with Crippen LogP contribution in [0.1, 0.15) is 5.56 Å². The zero-order valence-electron chi connectivity index (χ0n) is 9.21. The van der Waals surface area contributed by atoms with Gasteiger partial charge in [0.1, 0.15) is 11.9 Å². The second kappa shape index (κ2) is 3.93. The molecule has 0 atom stereocenters. The van der Waals surface area contributed by atoms with Crippen molar-refractivity contribution < 1.29 is 4.39 Å². The molecule has 0 fully saturated rings. The molecule has 0 saturated carbocycles. The van der Waals surface area contributed by atoms with Gasteiger partial charge in [0.2, 0.25) is 0 Å². The molecule has 2 heterocycles. The van der Waals surface area contributed by atoms with Crippen molar-refractivity contribution in [1.29, 1.82) is 5.26 Å². The maximum Gasteiger partial charge on any atom is 0.168 e. The summed E-state index contributed by atoms with van der Waals surface area (Å²) in [6, 6.07) is 11.5. The van der Waals surface area contributed by atoms with Gasteiger partial charge in [-0.05, 0) is 24.3 Å². The highest BCUT2D eigenvalue weighted by Gasteiger charge is 2.08. The molecule has 0 N–H and O–H groups in total. The molecule has 86 valence electrons. The van der Waals surface area contributed by atoms with Crippen molar-refractivity contribution in [3.05, 3.63) is 54.0 Å². The lowest BCUT2D eigenvalue weighted by molar-refractivity contribution is 0.628. The Morgan fingerprint density at radius 3 is 2.83 bits per heavy atom. The average Bonchev–Trinajstić information content (AvgIpc) is 2.81. The Balaban J connectivity index is 2.27. The normalized spacial score (nSPS) is 10.4. The predicted molar refractivity (Wildman–Crippen MR) is 63.1 cm³/mol. The Morgan fingerprint density at radius 1 is 1.17 bits per heavy atom. The van der Waals surface area contributed by atoms with E-state index >= 15 is 0 Å². The minimum absolute atomic E-state index is 0.333. The van der Waals surface area contributed by atoms with E-state index < -0.39 is 0 Å². The van der Waals surface area contributed by atoms with Crippen molar-refractivity contribution in [2.75, 3.05) is 0 Å². The molecule has 3 aromatic rings. The second-order valence-electron chi connectivity index (χ2n) is 3.79. The molecule has 0 bridgehead atoms. The van der Waals surface area contributed by atoms with E-state index in [4.69, 9.17) is 5.26 Å². The molecule has 0 aliphatic carbocycles. The maximum atomic E-state index is 13.2. The smallest absolute Gasteiger partial charge is 0.168 e. The standard InChI is InChI=1S/C13H7FN4/c14-11-3-1-2-10(6-11)13-17-16-12-5-4-9(7-15)8-18(12)13/h1-6,8H. The molecule has 0 aliphatic rings. The zero-order valence-corrected chi connectivity index (χ0v) is 9.21. The van der Waals surface area contributed by atoms with E-state index in [0.29, 0.717) is 22.6 Å². The molecule has 0 radical (unpaired) electrons. The number of hydrogen-bond donors (Lipinski definition) is 0. The van der Waals surface area contributed by atoms with Crippen LogP contribution in [0.15, 0.2) is 42.6 Å². The van der Waals surface area contributed by atoms with E-state index in [1.807, 2.05) is 6.07 Å². The van der Waals surface area contributed by atoms with Crippen molar-refractivity contribution in [1.82, 2.24) is 14.6 Å². The fourth-order valence-corrected chi connectivity index (χ4v) is 1.78. The Morgan fingerprint density at radius 2 is 2.06 bits per heavy atom. The summed E-state index contributed by atoms with van der Waals surface area (Å²) in [7, 11) is 0. The first-order valence-electron chi connectivity index (χ1n) is 5.29. The van der Waals surface area contributed by atoms with Gasteiger partial charge in [0.05, 0.1) is 5.56 Å². The van der Waals surface area contributed by atoms with Crippen molar-refractivity contribution >= 4 is 5.65 Å². The van der Waals surface area contributed by atoms with Crippen LogP contribution < -0.4 is 0 Å². The molecular weight excluding hydrogens is 231 g/mol. The van der Waals surface area contributed by atoms with Crippen LogP contribution in [0, 0.1) is 17.1 Å². The van der Waals surface area contributed by atoms with Gasteiger partial charge in [0.25, 0.3) is 0 Å². The van der Waals surface area contributed by atoms with E-state index in [2.05, 4.69) is 10.2 Å². The van der Waals surface area contributed by atoms with Gasteiger partial charge >= 0.3 is 0 Å². The summed E-state index contributed by atoms with van der Waals surface area (Å²) in [4.78, 5) is 0. The van der Waals surface area contributed by atoms with Gasteiger partial charge in [0, 0.05) is 11.8 Å². The van der Waals surface area contributed by atoms with Crippen molar-refractivity contribution in [2.24, 2.45) is 0 Å². The van der Waals surface area contributed by atoms with Crippen LogP contribution in [0.4, 0.5) is 4.39 Å². The SMILES string of the molecule is N#Cc1ccc2nnc(-c3cccc(F)c3)n2c1. The van der Waals surface area contributed by atoms with Gasteiger partial charge in [-0.3, -0.25) is 4.40 Å². The van der Waals surface area contributed by atoms with Gasteiger partial charge in [-0.25, -0.2) is 4.39 Å². The highest BCUT2D eigenvalue weighted by molar-refractivity contribution is 5.60. The third-order valence-electron chi connectivity index (χ3n) is 2.61. The molecule has 0 saturated heterocycles. The Bertz CT molecular complexity index is 770. The lowest BCUT2D eigenvalue weighted by atomic mass is 10.2. The molecule has 0 amide bonds. The first kappa shape index (κ1) is 10.4. The second-order valence-corrected chi connectivity index (χ2v) is 3.79. The summed E-state index contributed by atoms with van der Waals surface area (Å²) in [5, 5.41) is 16.9. The first-order chi connectivity index (χ1) is 8.78. The third-order valence-corrected chi connectivity index (χ3v) is 2.61. The fraction of sp³-hybridized carbons (Fsp3) is 0. The number of pyridine rings is 1. The van der Waals surface area contributed by atoms with E-state index in [9.17, 15) is 4.39 Å². The Hall–Kier alpha value is -2.74. The van der Waals surface area contributed by atoms with E-state index in [1.54, 1.807) is 34.9 Å². The van der Waals surface area contributed by atoms with Gasteiger partial charge in [-0.1, -0.05) is 12.1 Å². The van der Waals surface area contributed by atoms with Crippen LogP contribution in [-0.4, -0.2) is 14.6 Å². The van der Waals surface area contributed by atoms with E-state index in [0.717, 1.165) is 0 Å². The summed E-state index contributed by atoms with van der Waals surface area (Å²) in [6.07, 6.45) is 1.63. The number of aromatic nitrogens is 3. The number of rotatable bonds is 1. The molecule has 4 nitrogen and oxygen atoms in total. The third kappa shape index (κ3) is 1.60. The molecule has 2 aromatic heterocycles. The van der Waals surface area contributed by atoms with Gasteiger partial charge in [-0.15, -0.1) is 10.2 Å². The predicted octanol–water partition coefficient (Wildman–Crippen LogP) is 2.41. The summed E-state index contributed by atoms with van der Waals surface area (Å²) in [6.45, 7) is 0. The summed E-state index contributed by atoms with van der Waals surface area (Å²) >= 11 is 0. The van der Waals surface area contributed by atoms with Crippen LogP contribution >= 0.6 is 0 Å². The largest absolute Gasteiger partial charge is 0.281 e. The average molecular weight is 238 g/mol. The minimum Gasteiger partial charge on any atom is -0.281 e. The number of benzene rings is 1. The fourth-order valence-electron chi connectivity index (χ4n) is 1.78. The highest BCUT2D eigenvalue weighted by atomic mass is 19.1. The molecular formula is C13H7FN4. The minimum atomic E-state index is -0.333. The molecule has 3 rings (SSSR count). The molecule has 1 aromatic carbocycles. The lowest BCUT2D eigenvalue weighted by Gasteiger charge is -2.00. The van der Waals surface area contributed by atoms with Crippen molar-refractivity contribution in [2.45, 2.75) is 0 Å². The molecule has 0 aliphatic heterocycles. The topological polar surface area (TPSA) is 54.0 Å². The molecule has 0 spiro atoms. The summed E-state index contributed by atoms with van der Waals surface area (Å²) < 4.78 is 14.9. The van der Waals surface area contributed by atoms with Crippen LogP contribution in [0.3, 0.4) is 0 Å². The number of hydrogen-bond acceptors (Lipinski definition) is 3. The van der Waals surface area contributed by atoms with Gasteiger partial charge < -0.3 is 0 Å². The zero-order chi connectivity index (χ0) is 12.5. The van der Waals surface area contributed by atoms with Crippen LogP contribution in [0.5, 0.6) is 0 Å². The van der Waals surface area contributed by atoms with Crippen LogP contribution in [-0.2, 0) is 0 Å². The van der Waals surface area contributed by atoms with Crippen molar-refractivity contribution in [3.63, 3.8) is 0 Å². The number of fused-ring (bicyclic) bond motifs is 1. The monoisotopic (exact) mass is 238 g/mol. The van der Waals surface area contributed by atoms with Crippen LogP contribution in [0.25, 0.3) is 17.0 Å². The molecule has 0 unspecified atom stereocenters. The van der Waals surface area contributed by atoms with Gasteiger partial charge in [-0.2, -0.15) is 5.26 Å². The van der Waals surface area contributed by atoms with Crippen molar-refractivity contribution in [3.8, 4) is 17.5 Å². The van der Waals surface area contributed by atoms with E-state index in [1.165, 1.54) is 12.1 Å². The van der Waals surface area contributed by atoms with Crippen LogP contribution in [0.2, 0.25) is 0 Å². The number of halogens is 1. The molecule has 18 heavy (non-hydrogen) atoms. The summed E-state index contributed by atoms with van der Waals surface area (Å²) in [5.41, 5.74) is 1.74. The Labute approximate surface area is 102 Å². The Kier molecular flexibility index (Phi) is 2.27. The number of nitrogens with zero attached hydrogens (tertiary/aromatic N) is 4. The lowest BCUT2D eigenvalue weighted by Crippen LogP contribution is -1.91. The van der Waals surface area contributed by atoms with Gasteiger partial charge in [0.15, 0.2) is 11.5 Å². The summed E-state index contributed by atoms with van der Waals surface area (Å²) in [5.74, 6) is 0.183.